The molecule has 1 fully saturated rings. The van der Waals surface area contributed by atoms with E-state index in [1.54, 1.807) is 12.3 Å². The van der Waals surface area contributed by atoms with Gasteiger partial charge < -0.3 is 15.1 Å². The zero-order valence-corrected chi connectivity index (χ0v) is 15.1. The van der Waals surface area contributed by atoms with E-state index in [0.29, 0.717) is 6.54 Å². The van der Waals surface area contributed by atoms with Gasteiger partial charge in [0, 0.05) is 45.9 Å². The summed E-state index contributed by atoms with van der Waals surface area (Å²) in [5.41, 5.74) is 0.870. The molecular weight excluding hydrogens is 354 g/mol. The van der Waals surface area contributed by atoms with Crippen molar-refractivity contribution in [3.63, 3.8) is 0 Å². The number of pyridine rings is 1. The summed E-state index contributed by atoms with van der Waals surface area (Å²) in [5, 5.41) is 2.81. The molecule has 1 N–H and O–H groups in total. The van der Waals surface area contributed by atoms with E-state index >= 15 is 0 Å². The van der Waals surface area contributed by atoms with Gasteiger partial charge in [0.1, 0.15) is 17.5 Å². The molecule has 3 rings (SSSR count). The topological polar surface area (TPSA) is 65.5 Å². The maximum absolute atomic E-state index is 13.9. The highest BCUT2D eigenvalue weighted by molar-refractivity contribution is 6.00. The summed E-state index contributed by atoms with van der Waals surface area (Å²) in [4.78, 5) is 31.9. The number of rotatable bonds is 5. The summed E-state index contributed by atoms with van der Waals surface area (Å²) in [6.45, 7) is 0.365. The molecule has 0 saturated carbocycles. The van der Waals surface area contributed by atoms with Crippen molar-refractivity contribution in [2.24, 2.45) is 5.92 Å². The predicted octanol–water partition coefficient (Wildman–Crippen LogP) is 2.10. The van der Waals surface area contributed by atoms with E-state index in [1.807, 2.05) is 25.1 Å². The van der Waals surface area contributed by atoms with E-state index in [1.165, 1.54) is 11.0 Å². The molecule has 1 saturated heterocycles. The van der Waals surface area contributed by atoms with Crippen molar-refractivity contribution in [2.75, 3.05) is 30.4 Å². The Morgan fingerprint density at radius 3 is 2.78 bits per heavy atom. The molecule has 2 amide bonds. The zero-order chi connectivity index (χ0) is 19.6. The van der Waals surface area contributed by atoms with Crippen molar-refractivity contribution in [3.05, 3.63) is 53.7 Å². The molecule has 0 aliphatic carbocycles. The average Bonchev–Trinajstić information content (AvgIpc) is 3.01. The summed E-state index contributed by atoms with van der Waals surface area (Å²) in [6.07, 6.45) is 1.65. The highest BCUT2D eigenvalue weighted by atomic mass is 19.1. The van der Waals surface area contributed by atoms with Crippen LogP contribution in [0, 0.1) is 17.6 Å². The lowest BCUT2D eigenvalue weighted by Gasteiger charge is -2.17. The van der Waals surface area contributed by atoms with Gasteiger partial charge in [0.2, 0.25) is 11.8 Å². The number of hydrogen-bond acceptors (Lipinski definition) is 4. The summed E-state index contributed by atoms with van der Waals surface area (Å²) in [7, 11) is 3.75. The van der Waals surface area contributed by atoms with E-state index in [9.17, 15) is 18.4 Å². The lowest BCUT2D eigenvalue weighted by atomic mass is 10.1. The van der Waals surface area contributed by atoms with E-state index in [4.69, 9.17) is 0 Å². The molecule has 0 radical (unpaired) electrons. The normalized spacial score (nSPS) is 16.5. The van der Waals surface area contributed by atoms with E-state index < -0.39 is 17.6 Å². The molecule has 1 aromatic carbocycles. The van der Waals surface area contributed by atoms with E-state index in [2.05, 4.69) is 10.3 Å². The lowest BCUT2D eigenvalue weighted by molar-refractivity contribution is -0.126. The highest BCUT2D eigenvalue weighted by Gasteiger charge is 2.36. The zero-order valence-electron chi connectivity index (χ0n) is 15.1. The predicted molar refractivity (Wildman–Crippen MR) is 97.2 cm³/mol. The number of benzene rings is 1. The van der Waals surface area contributed by atoms with Gasteiger partial charge in [-0.3, -0.25) is 9.59 Å². The fourth-order valence-corrected chi connectivity index (χ4v) is 2.96. The third kappa shape index (κ3) is 4.21. The Balaban J connectivity index is 1.63. The first-order valence-corrected chi connectivity index (χ1v) is 8.50. The van der Waals surface area contributed by atoms with Gasteiger partial charge >= 0.3 is 0 Å². The fraction of sp³-hybridized carbons (Fsp3) is 0.316. The second-order valence-corrected chi connectivity index (χ2v) is 6.64. The Bertz CT molecular complexity index is 873. The number of nitrogens with zero attached hydrogens (tertiary/aromatic N) is 3. The fourth-order valence-electron chi connectivity index (χ4n) is 2.96. The Kier molecular flexibility index (Phi) is 5.34. The molecule has 27 heavy (non-hydrogen) atoms. The van der Waals surface area contributed by atoms with Gasteiger partial charge in [-0.05, 0) is 29.8 Å². The Morgan fingerprint density at radius 1 is 1.30 bits per heavy atom. The van der Waals surface area contributed by atoms with Gasteiger partial charge in [0.05, 0.1) is 11.6 Å². The molecule has 1 aliphatic heterocycles. The quantitative estimate of drug-likeness (QED) is 0.871. The van der Waals surface area contributed by atoms with Gasteiger partial charge in [-0.2, -0.15) is 0 Å². The maximum Gasteiger partial charge on any atom is 0.227 e. The number of nitrogens with one attached hydrogen (secondary N) is 1. The van der Waals surface area contributed by atoms with Crippen LogP contribution in [0.4, 0.5) is 20.3 Å². The minimum atomic E-state index is -0.822. The third-order valence-electron chi connectivity index (χ3n) is 4.43. The molecule has 2 heterocycles. The number of carbonyl (C=O) groups excluding carboxylic acids is 2. The molecule has 0 bridgehead atoms. The van der Waals surface area contributed by atoms with Gasteiger partial charge in [0.25, 0.3) is 0 Å². The van der Waals surface area contributed by atoms with E-state index in [0.717, 1.165) is 23.5 Å². The van der Waals surface area contributed by atoms with Crippen LogP contribution in [0.25, 0.3) is 0 Å². The molecule has 1 atom stereocenters. The molecule has 6 nitrogen and oxygen atoms in total. The lowest BCUT2D eigenvalue weighted by Crippen LogP contribution is -2.32. The second-order valence-electron chi connectivity index (χ2n) is 6.64. The SMILES string of the molecule is CN(C)c1cc(CNC(=O)C2CC(=O)N(c3ccc(F)cc3F)C2)ccn1. The first-order valence-electron chi connectivity index (χ1n) is 8.50. The van der Waals surface area contributed by atoms with Crippen molar-refractivity contribution >= 4 is 23.3 Å². The van der Waals surface area contributed by atoms with Crippen LogP contribution >= 0.6 is 0 Å². The number of halogens is 2. The first kappa shape index (κ1) is 18.8. The third-order valence-corrected chi connectivity index (χ3v) is 4.43. The molecule has 8 heteroatoms. The van der Waals surface area contributed by atoms with Crippen molar-refractivity contribution in [3.8, 4) is 0 Å². The summed E-state index contributed by atoms with van der Waals surface area (Å²) in [6, 6.07) is 6.68. The Labute approximate surface area is 155 Å². The molecule has 0 spiro atoms. The van der Waals surface area contributed by atoms with E-state index in [-0.39, 0.29) is 30.5 Å². The summed E-state index contributed by atoms with van der Waals surface area (Å²) in [5.74, 6) is -1.99. The van der Waals surface area contributed by atoms with Crippen LogP contribution in [0.2, 0.25) is 0 Å². The minimum absolute atomic E-state index is 0.0120. The molecule has 2 aromatic rings. The van der Waals surface area contributed by atoms with Crippen molar-refractivity contribution in [2.45, 2.75) is 13.0 Å². The minimum Gasteiger partial charge on any atom is -0.363 e. The van der Waals surface area contributed by atoms with Crippen molar-refractivity contribution < 1.29 is 18.4 Å². The van der Waals surface area contributed by atoms with Crippen LogP contribution in [0.3, 0.4) is 0 Å². The maximum atomic E-state index is 13.9. The van der Waals surface area contributed by atoms with Crippen LogP contribution in [-0.2, 0) is 16.1 Å². The van der Waals surface area contributed by atoms with Crippen LogP contribution < -0.4 is 15.1 Å². The molecule has 1 unspecified atom stereocenters. The first-order chi connectivity index (χ1) is 12.8. The second kappa shape index (κ2) is 7.69. The van der Waals surface area contributed by atoms with Gasteiger partial charge in [-0.25, -0.2) is 13.8 Å². The Morgan fingerprint density at radius 2 is 2.07 bits per heavy atom. The van der Waals surface area contributed by atoms with Gasteiger partial charge in [-0.15, -0.1) is 0 Å². The molecule has 1 aromatic heterocycles. The van der Waals surface area contributed by atoms with Crippen LogP contribution in [0.1, 0.15) is 12.0 Å². The number of amides is 2. The van der Waals surface area contributed by atoms with Gasteiger partial charge in [0.15, 0.2) is 0 Å². The van der Waals surface area contributed by atoms with Gasteiger partial charge in [-0.1, -0.05) is 0 Å². The summed E-state index contributed by atoms with van der Waals surface area (Å²) < 4.78 is 27.0. The number of aromatic nitrogens is 1. The monoisotopic (exact) mass is 374 g/mol. The molecule has 1 aliphatic rings. The molecule has 142 valence electrons. The molecular formula is C19H20F2N4O2. The highest BCUT2D eigenvalue weighted by Crippen LogP contribution is 2.28. The van der Waals surface area contributed by atoms with Crippen LogP contribution in [-0.4, -0.2) is 37.4 Å². The smallest absolute Gasteiger partial charge is 0.227 e. The standard InChI is InChI=1S/C19H20F2N4O2/c1-24(2)17-7-12(5-6-22-17)10-23-19(27)13-8-18(26)25(11-13)16-4-3-14(20)9-15(16)21/h3-7,9,13H,8,10-11H2,1-2H3,(H,23,27). The number of carbonyl (C=O) groups is 2. The largest absolute Gasteiger partial charge is 0.363 e. The number of hydrogen-bond donors (Lipinski definition) is 1. The summed E-state index contributed by atoms with van der Waals surface area (Å²) >= 11 is 0. The van der Waals surface area contributed by atoms with Crippen LogP contribution in [0.15, 0.2) is 36.5 Å². The van der Waals surface area contributed by atoms with Crippen LogP contribution in [0.5, 0.6) is 0 Å². The van der Waals surface area contributed by atoms with Crippen molar-refractivity contribution in [1.29, 1.82) is 0 Å². The van der Waals surface area contributed by atoms with Crippen molar-refractivity contribution in [1.82, 2.24) is 10.3 Å². The Hall–Kier alpha value is -3.03. The average molecular weight is 374 g/mol. The number of anilines is 2.